The third-order valence-electron chi connectivity index (χ3n) is 5.23. The molecule has 0 saturated heterocycles. The zero-order valence-electron chi connectivity index (χ0n) is 17.2. The average molecular weight is 408 g/mol. The van der Waals surface area contributed by atoms with E-state index in [0.29, 0.717) is 41.6 Å². The van der Waals surface area contributed by atoms with Crippen LogP contribution in [0.2, 0.25) is 0 Å². The molecule has 1 aliphatic rings. The van der Waals surface area contributed by atoms with Crippen LogP contribution < -0.4 is 14.2 Å². The topological polar surface area (TPSA) is 104 Å². The lowest BCUT2D eigenvalue weighted by Crippen LogP contribution is -2.29. The van der Waals surface area contributed by atoms with Crippen molar-refractivity contribution in [2.45, 2.75) is 6.42 Å². The van der Waals surface area contributed by atoms with Gasteiger partial charge in [0.1, 0.15) is 23.2 Å². The summed E-state index contributed by atoms with van der Waals surface area (Å²) in [6, 6.07) is 11.3. The molecule has 0 atom stereocenters. The molecule has 0 fully saturated rings. The van der Waals surface area contributed by atoms with Gasteiger partial charge in [-0.1, -0.05) is 6.07 Å². The molecule has 8 heteroatoms. The number of fused-ring (bicyclic) bond motifs is 1. The van der Waals surface area contributed by atoms with Crippen molar-refractivity contribution < 1.29 is 19.3 Å². The maximum Gasteiger partial charge on any atom is 0.160 e. The molecule has 4 rings (SSSR count). The van der Waals surface area contributed by atoms with Crippen molar-refractivity contribution in [2.75, 3.05) is 34.4 Å². The standard InChI is InChI=1S/C22H24N4O4/c1-28-14-5-6-15-16(11-14)25-22(24-15)20-17(27)12-26(21(20)23)9-8-13-4-7-18(29-2)19(10-13)30-3/h4-7,10-11,23,27H,8-9,12H2,1-3H3,(H,24,25). The van der Waals surface area contributed by atoms with Gasteiger partial charge in [-0.15, -0.1) is 0 Å². The van der Waals surface area contributed by atoms with Crippen LogP contribution in [0.25, 0.3) is 16.6 Å². The van der Waals surface area contributed by atoms with Crippen LogP contribution in [0, 0.1) is 5.41 Å². The summed E-state index contributed by atoms with van der Waals surface area (Å²) in [6.45, 7) is 0.859. The Hall–Kier alpha value is -3.68. The Balaban J connectivity index is 1.50. The molecule has 0 radical (unpaired) electrons. The van der Waals surface area contributed by atoms with Gasteiger partial charge in [0.2, 0.25) is 0 Å². The molecule has 0 unspecified atom stereocenters. The van der Waals surface area contributed by atoms with E-state index in [1.54, 1.807) is 21.3 Å². The predicted octanol–water partition coefficient (Wildman–Crippen LogP) is 3.39. The zero-order valence-corrected chi connectivity index (χ0v) is 17.2. The van der Waals surface area contributed by atoms with Gasteiger partial charge in [-0.25, -0.2) is 4.98 Å². The van der Waals surface area contributed by atoms with E-state index in [1.165, 1.54) is 0 Å². The average Bonchev–Trinajstić information content (AvgIpc) is 3.30. The van der Waals surface area contributed by atoms with E-state index in [4.69, 9.17) is 19.6 Å². The molecular formula is C22H24N4O4. The Morgan fingerprint density at radius 3 is 2.60 bits per heavy atom. The third-order valence-corrected chi connectivity index (χ3v) is 5.23. The van der Waals surface area contributed by atoms with E-state index in [9.17, 15) is 5.11 Å². The van der Waals surface area contributed by atoms with Gasteiger partial charge in [-0.3, -0.25) is 5.41 Å². The number of nitrogens with one attached hydrogen (secondary N) is 2. The molecule has 2 heterocycles. The summed E-state index contributed by atoms with van der Waals surface area (Å²) in [5.74, 6) is 2.93. The van der Waals surface area contributed by atoms with Crippen molar-refractivity contribution in [3.63, 3.8) is 0 Å². The van der Waals surface area contributed by atoms with Crippen LogP contribution in [-0.2, 0) is 6.42 Å². The molecule has 156 valence electrons. The van der Waals surface area contributed by atoms with Gasteiger partial charge >= 0.3 is 0 Å². The SMILES string of the molecule is COc1ccc2nc(C3=C(O)CN(CCc4ccc(OC)c(OC)c4)C3=N)[nH]c2c1. The molecule has 1 aliphatic heterocycles. The lowest BCUT2D eigenvalue weighted by atomic mass is 10.1. The Bertz CT molecular complexity index is 1140. The highest BCUT2D eigenvalue weighted by molar-refractivity contribution is 6.23. The zero-order chi connectivity index (χ0) is 21.3. The fourth-order valence-corrected chi connectivity index (χ4v) is 3.61. The predicted molar refractivity (Wildman–Crippen MR) is 115 cm³/mol. The quantitative estimate of drug-likeness (QED) is 0.554. The smallest absolute Gasteiger partial charge is 0.160 e. The monoisotopic (exact) mass is 408 g/mol. The summed E-state index contributed by atoms with van der Waals surface area (Å²) in [5, 5.41) is 19.1. The van der Waals surface area contributed by atoms with Crippen LogP contribution in [0.15, 0.2) is 42.2 Å². The summed E-state index contributed by atoms with van der Waals surface area (Å²) >= 11 is 0. The van der Waals surface area contributed by atoms with Gasteiger partial charge in [0.15, 0.2) is 11.5 Å². The lowest BCUT2D eigenvalue weighted by molar-refractivity contribution is 0.349. The minimum atomic E-state index is 0.137. The lowest BCUT2D eigenvalue weighted by Gasteiger charge is -2.18. The second-order valence-corrected chi connectivity index (χ2v) is 7.00. The first-order valence-corrected chi connectivity index (χ1v) is 9.55. The minimum Gasteiger partial charge on any atom is -0.510 e. The fraction of sp³-hybridized carbons (Fsp3) is 0.273. The van der Waals surface area contributed by atoms with Crippen molar-refractivity contribution in [1.82, 2.24) is 14.9 Å². The number of imidazole rings is 1. The van der Waals surface area contributed by atoms with Crippen LogP contribution in [0.4, 0.5) is 0 Å². The number of hydrogen-bond donors (Lipinski definition) is 3. The largest absolute Gasteiger partial charge is 0.510 e. The number of benzene rings is 2. The molecule has 0 saturated carbocycles. The molecule has 3 N–H and O–H groups in total. The number of H-pyrrole nitrogens is 1. The Kier molecular flexibility index (Phi) is 5.22. The summed E-state index contributed by atoms with van der Waals surface area (Å²) in [4.78, 5) is 9.56. The summed E-state index contributed by atoms with van der Waals surface area (Å²) in [5.41, 5.74) is 3.03. The molecule has 30 heavy (non-hydrogen) atoms. The van der Waals surface area contributed by atoms with Gasteiger partial charge < -0.3 is 29.2 Å². The molecule has 0 aliphatic carbocycles. The van der Waals surface area contributed by atoms with E-state index in [1.807, 2.05) is 41.3 Å². The number of aromatic nitrogens is 2. The minimum absolute atomic E-state index is 0.137. The van der Waals surface area contributed by atoms with E-state index in [0.717, 1.165) is 16.6 Å². The highest BCUT2D eigenvalue weighted by atomic mass is 16.5. The fourth-order valence-electron chi connectivity index (χ4n) is 3.61. The maximum atomic E-state index is 10.5. The van der Waals surface area contributed by atoms with Crippen LogP contribution in [0.5, 0.6) is 17.2 Å². The summed E-state index contributed by atoms with van der Waals surface area (Å²) in [6.07, 6.45) is 0.695. The van der Waals surface area contributed by atoms with Gasteiger partial charge in [0, 0.05) is 12.6 Å². The maximum absolute atomic E-state index is 10.5. The van der Waals surface area contributed by atoms with E-state index < -0.39 is 0 Å². The van der Waals surface area contributed by atoms with Gasteiger partial charge in [-0.2, -0.15) is 0 Å². The van der Waals surface area contributed by atoms with Crippen LogP contribution in [-0.4, -0.2) is 60.2 Å². The normalized spacial score (nSPS) is 14.0. The van der Waals surface area contributed by atoms with Crippen molar-refractivity contribution in [2.24, 2.45) is 0 Å². The number of rotatable bonds is 7. The first-order valence-electron chi connectivity index (χ1n) is 9.55. The first kappa shape index (κ1) is 19.6. The molecule has 0 amide bonds. The van der Waals surface area contributed by atoms with Crippen LogP contribution >= 0.6 is 0 Å². The number of aromatic amines is 1. The van der Waals surface area contributed by atoms with Crippen molar-refractivity contribution >= 4 is 22.4 Å². The molecule has 0 spiro atoms. The molecule has 2 aromatic carbocycles. The molecular weight excluding hydrogens is 384 g/mol. The van der Waals surface area contributed by atoms with Crippen molar-refractivity contribution in [1.29, 1.82) is 5.41 Å². The van der Waals surface area contributed by atoms with Crippen molar-refractivity contribution in [3.05, 3.63) is 53.5 Å². The summed E-state index contributed by atoms with van der Waals surface area (Å²) in [7, 11) is 4.82. The number of nitrogens with zero attached hydrogens (tertiary/aromatic N) is 2. The highest BCUT2D eigenvalue weighted by Crippen LogP contribution is 2.30. The number of ether oxygens (including phenoxy) is 3. The van der Waals surface area contributed by atoms with E-state index in [-0.39, 0.29) is 18.1 Å². The van der Waals surface area contributed by atoms with Crippen LogP contribution in [0.1, 0.15) is 11.4 Å². The third kappa shape index (κ3) is 3.52. The number of methoxy groups -OCH3 is 3. The van der Waals surface area contributed by atoms with Gasteiger partial charge in [0.05, 0.1) is 44.5 Å². The second-order valence-electron chi connectivity index (χ2n) is 7.00. The molecule has 0 bridgehead atoms. The first-order chi connectivity index (χ1) is 14.5. The number of aliphatic hydroxyl groups is 1. The van der Waals surface area contributed by atoms with Crippen molar-refractivity contribution in [3.8, 4) is 17.2 Å². The second kappa shape index (κ2) is 7.98. The Morgan fingerprint density at radius 2 is 1.87 bits per heavy atom. The number of aliphatic hydroxyl groups excluding tert-OH is 1. The van der Waals surface area contributed by atoms with E-state index in [2.05, 4.69) is 9.97 Å². The number of amidine groups is 1. The van der Waals surface area contributed by atoms with Gasteiger partial charge in [0.25, 0.3) is 0 Å². The highest BCUT2D eigenvalue weighted by Gasteiger charge is 2.30. The molecule has 3 aromatic rings. The molecule has 8 nitrogen and oxygen atoms in total. The Labute approximate surface area is 174 Å². The van der Waals surface area contributed by atoms with Gasteiger partial charge in [-0.05, 0) is 36.2 Å². The van der Waals surface area contributed by atoms with E-state index >= 15 is 0 Å². The number of hydrogen-bond acceptors (Lipinski definition) is 6. The Morgan fingerprint density at radius 1 is 1.07 bits per heavy atom. The molecule has 1 aromatic heterocycles. The van der Waals surface area contributed by atoms with Crippen LogP contribution in [0.3, 0.4) is 0 Å². The summed E-state index contributed by atoms with van der Waals surface area (Å²) < 4.78 is 15.9.